The molecular formula is C10H9Cl2N3O2S. The van der Waals surface area contributed by atoms with E-state index in [9.17, 15) is 8.42 Å². The lowest BCUT2D eigenvalue weighted by atomic mass is 10.3. The SMILES string of the molecule is Cn1cnc(S(=O)(=O)Nc2ccc(Cl)cc2)c1Cl. The Bertz CT molecular complexity index is 665. The number of hydrogen-bond donors (Lipinski definition) is 1. The number of aromatic nitrogens is 2. The van der Waals surface area contributed by atoms with Gasteiger partial charge in [0.05, 0.1) is 6.33 Å². The average molecular weight is 306 g/mol. The molecule has 2 aromatic rings. The molecule has 96 valence electrons. The van der Waals surface area contributed by atoms with E-state index in [1.54, 1.807) is 31.3 Å². The zero-order chi connectivity index (χ0) is 13.3. The normalized spacial score (nSPS) is 11.5. The van der Waals surface area contributed by atoms with Crippen LogP contribution in [0.2, 0.25) is 10.2 Å². The molecule has 0 saturated heterocycles. The molecule has 0 aliphatic heterocycles. The van der Waals surface area contributed by atoms with Crippen molar-refractivity contribution < 1.29 is 8.42 Å². The predicted octanol–water partition coefficient (Wildman–Crippen LogP) is 2.53. The fourth-order valence-electron chi connectivity index (χ4n) is 1.30. The van der Waals surface area contributed by atoms with Crippen LogP contribution in [0.4, 0.5) is 5.69 Å². The molecule has 0 aliphatic carbocycles. The van der Waals surface area contributed by atoms with E-state index < -0.39 is 10.0 Å². The second-order valence-corrected chi connectivity index (χ2v) is 5.96. The molecule has 0 spiro atoms. The monoisotopic (exact) mass is 305 g/mol. The number of imidazole rings is 1. The van der Waals surface area contributed by atoms with E-state index in [1.807, 2.05) is 0 Å². The molecular weight excluding hydrogens is 297 g/mol. The fraction of sp³-hybridized carbons (Fsp3) is 0.100. The Balaban J connectivity index is 2.33. The number of halogens is 2. The van der Waals surface area contributed by atoms with Crippen LogP contribution in [0.1, 0.15) is 0 Å². The molecule has 2 rings (SSSR count). The summed E-state index contributed by atoms with van der Waals surface area (Å²) < 4.78 is 27.8. The summed E-state index contributed by atoms with van der Waals surface area (Å²) in [5.41, 5.74) is 0.390. The first-order valence-corrected chi connectivity index (χ1v) is 7.09. The lowest BCUT2D eigenvalue weighted by Crippen LogP contribution is -2.14. The standard InChI is InChI=1S/C10H9Cl2N3O2S/c1-15-6-13-10(9(15)12)18(16,17)14-8-4-2-7(11)3-5-8/h2-6,14H,1H3. The minimum Gasteiger partial charge on any atom is -0.324 e. The van der Waals surface area contributed by atoms with E-state index in [-0.39, 0.29) is 10.2 Å². The van der Waals surface area contributed by atoms with Crippen LogP contribution in [0, 0.1) is 0 Å². The Hall–Kier alpha value is -1.24. The molecule has 8 heteroatoms. The summed E-state index contributed by atoms with van der Waals surface area (Å²) in [4.78, 5) is 3.76. The van der Waals surface area contributed by atoms with E-state index in [0.717, 1.165) is 0 Å². The molecule has 5 nitrogen and oxygen atoms in total. The van der Waals surface area contributed by atoms with Gasteiger partial charge in [-0.05, 0) is 24.3 Å². The summed E-state index contributed by atoms with van der Waals surface area (Å²) in [5, 5.41) is 0.367. The van der Waals surface area contributed by atoms with Crippen LogP contribution >= 0.6 is 23.2 Å². The van der Waals surface area contributed by atoms with Gasteiger partial charge in [0, 0.05) is 17.8 Å². The van der Waals surface area contributed by atoms with Gasteiger partial charge in [-0.1, -0.05) is 23.2 Å². The molecule has 1 aromatic carbocycles. The first-order valence-electron chi connectivity index (χ1n) is 4.85. The third-order valence-electron chi connectivity index (χ3n) is 2.19. The molecule has 0 fully saturated rings. The van der Waals surface area contributed by atoms with E-state index >= 15 is 0 Å². The molecule has 1 heterocycles. The average Bonchev–Trinajstić information content (AvgIpc) is 2.63. The summed E-state index contributed by atoms with van der Waals surface area (Å²) in [6.45, 7) is 0. The third-order valence-corrected chi connectivity index (χ3v) is 4.31. The second-order valence-electron chi connectivity index (χ2n) is 3.56. The smallest absolute Gasteiger partial charge is 0.282 e. The van der Waals surface area contributed by atoms with Crippen molar-refractivity contribution in [3.8, 4) is 0 Å². The molecule has 0 radical (unpaired) electrons. The second kappa shape index (κ2) is 4.79. The highest BCUT2D eigenvalue weighted by atomic mass is 35.5. The Morgan fingerprint density at radius 2 is 1.83 bits per heavy atom. The highest BCUT2D eigenvalue weighted by Gasteiger charge is 2.22. The first kappa shape index (κ1) is 13.2. The number of benzene rings is 1. The van der Waals surface area contributed by atoms with Crippen LogP contribution in [0.5, 0.6) is 0 Å². The van der Waals surface area contributed by atoms with Crippen LogP contribution in [-0.2, 0) is 17.1 Å². The van der Waals surface area contributed by atoms with E-state index in [4.69, 9.17) is 23.2 Å². The molecule has 0 bridgehead atoms. The van der Waals surface area contributed by atoms with Crippen LogP contribution in [0.3, 0.4) is 0 Å². The van der Waals surface area contributed by atoms with Gasteiger partial charge >= 0.3 is 0 Å². The highest BCUT2D eigenvalue weighted by molar-refractivity contribution is 7.92. The number of nitrogens with zero attached hydrogens (tertiary/aromatic N) is 2. The van der Waals surface area contributed by atoms with Crippen LogP contribution in [-0.4, -0.2) is 18.0 Å². The Labute approximate surface area is 114 Å². The van der Waals surface area contributed by atoms with E-state index in [2.05, 4.69) is 9.71 Å². The molecule has 0 unspecified atom stereocenters. The largest absolute Gasteiger partial charge is 0.324 e. The predicted molar refractivity (Wildman–Crippen MR) is 70.5 cm³/mol. The summed E-state index contributed by atoms with van der Waals surface area (Å²) in [6.07, 6.45) is 1.33. The number of rotatable bonds is 3. The molecule has 1 N–H and O–H groups in total. The number of hydrogen-bond acceptors (Lipinski definition) is 3. The first-order chi connectivity index (χ1) is 8.40. The van der Waals surface area contributed by atoms with Crippen molar-refractivity contribution in [2.45, 2.75) is 5.03 Å². The summed E-state index contributed by atoms with van der Waals surface area (Å²) >= 11 is 11.6. The number of anilines is 1. The van der Waals surface area contributed by atoms with Crippen molar-refractivity contribution in [3.63, 3.8) is 0 Å². The van der Waals surface area contributed by atoms with Gasteiger partial charge in [-0.25, -0.2) is 4.98 Å². The zero-order valence-corrected chi connectivity index (χ0v) is 11.6. The maximum Gasteiger partial charge on any atom is 0.282 e. The van der Waals surface area contributed by atoms with E-state index in [0.29, 0.717) is 10.7 Å². The van der Waals surface area contributed by atoms with Gasteiger partial charge in [-0.15, -0.1) is 0 Å². The topological polar surface area (TPSA) is 64.0 Å². The van der Waals surface area contributed by atoms with Crippen LogP contribution < -0.4 is 4.72 Å². The molecule has 0 saturated carbocycles. The molecule has 0 aliphatic rings. The lowest BCUT2D eigenvalue weighted by Gasteiger charge is -2.06. The van der Waals surface area contributed by atoms with Crippen molar-refractivity contribution in [1.82, 2.24) is 9.55 Å². The molecule has 0 atom stereocenters. The minimum absolute atomic E-state index is 0.0523. The summed E-state index contributed by atoms with van der Waals surface area (Å²) in [5.74, 6) is 0. The highest BCUT2D eigenvalue weighted by Crippen LogP contribution is 2.22. The van der Waals surface area contributed by atoms with Gasteiger partial charge in [0.25, 0.3) is 10.0 Å². The van der Waals surface area contributed by atoms with Crippen molar-refractivity contribution in [3.05, 3.63) is 40.8 Å². The van der Waals surface area contributed by atoms with Gasteiger partial charge in [0.2, 0.25) is 5.03 Å². The van der Waals surface area contributed by atoms with Crippen LogP contribution in [0.25, 0.3) is 0 Å². The van der Waals surface area contributed by atoms with Gasteiger partial charge in [-0.3, -0.25) is 4.72 Å². The lowest BCUT2D eigenvalue weighted by molar-refractivity contribution is 0.598. The maximum absolute atomic E-state index is 12.0. The molecule has 1 aromatic heterocycles. The quantitative estimate of drug-likeness (QED) is 0.947. The van der Waals surface area contributed by atoms with Crippen molar-refractivity contribution in [2.75, 3.05) is 4.72 Å². The van der Waals surface area contributed by atoms with Crippen molar-refractivity contribution >= 4 is 38.9 Å². The Kier molecular flexibility index (Phi) is 3.52. The summed E-state index contributed by atoms with van der Waals surface area (Å²) in [6, 6.07) is 6.27. The number of nitrogens with one attached hydrogen (secondary N) is 1. The summed E-state index contributed by atoms with van der Waals surface area (Å²) in [7, 11) is -2.19. The van der Waals surface area contributed by atoms with Gasteiger partial charge < -0.3 is 4.57 Å². The Morgan fingerprint density at radius 3 is 2.33 bits per heavy atom. The molecule has 0 amide bonds. The minimum atomic E-state index is -3.79. The molecule has 18 heavy (non-hydrogen) atoms. The van der Waals surface area contributed by atoms with Crippen molar-refractivity contribution in [1.29, 1.82) is 0 Å². The fourth-order valence-corrected chi connectivity index (χ4v) is 2.91. The Morgan fingerprint density at radius 1 is 1.22 bits per heavy atom. The number of sulfonamides is 1. The third kappa shape index (κ3) is 2.60. The zero-order valence-electron chi connectivity index (χ0n) is 9.26. The maximum atomic E-state index is 12.0. The van der Waals surface area contributed by atoms with E-state index in [1.165, 1.54) is 10.9 Å². The van der Waals surface area contributed by atoms with Crippen LogP contribution in [0.15, 0.2) is 35.6 Å². The van der Waals surface area contributed by atoms with Gasteiger partial charge in [0.15, 0.2) is 0 Å². The van der Waals surface area contributed by atoms with Crippen molar-refractivity contribution in [2.24, 2.45) is 7.05 Å². The number of aryl methyl sites for hydroxylation is 1. The van der Waals surface area contributed by atoms with Gasteiger partial charge in [-0.2, -0.15) is 8.42 Å². The van der Waals surface area contributed by atoms with Gasteiger partial charge in [0.1, 0.15) is 5.15 Å².